The molecule has 1 N–H and O–H groups in total. The van der Waals surface area contributed by atoms with Crippen LogP contribution in [0.2, 0.25) is 0 Å². The van der Waals surface area contributed by atoms with Crippen molar-refractivity contribution in [2.24, 2.45) is 5.41 Å². The molecule has 0 spiro atoms. The highest BCUT2D eigenvalue weighted by Crippen LogP contribution is 2.26. The molecule has 1 aliphatic rings. The van der Waals surface area contributed by atoms with Gasteiger partial charge in [0.25, 0.3) is 0 Å². The van der Waals surface area contributed by atoms with Crippen LogP contribution >= 0.6 is 15.9 Å². The summed E-state index contributed by atoms with van der Waals surface area (Å²) in [5.74, 6) is -0.125. The van der Waals surface area contributed by atoms with E-state index in [9.17, 15) is 4.39 Å². The molecular weight excluding hydrogens is 295 g/mol. The summed E-state index contributed by atoms with van der Waals surface area (Å²) in [5, 5.41) is 3.39. The topological polar surface area (TPSA) is 15.3 Å². The molecule has 1 atom stereocenters. The van der Waals surface area contributed by atoms with Crippen molar-refractivity contribution in [3.8, 4) is 0 Å². The van der Waals surface area contributed by atoms with E-state index in [1.54, 1.807) is 6.07 Å². The lowest BCUT2D eigenvalue weighted by Crippen LogP contribution is -2.34. The van der Waals surface area contributed by atoms with Crippen LogP contribution in [0.3, 0.4) is 0 Å². The Hall–Kier alpha value is -0.450. The number of hydrogen-bond donors (Lipinski definition) is 1. The van der Waals surface area contributed by atoms with Crippen LogP contribution < -0.4 is 5.32 Å². The van der Waals surface area contributed by atoms with Gasteiger partial charge in [-0.2, -0.15) is 0 Å². The summed E-state index contributed by atoms with van der Waals surface area (Å²) in [6.45, 7) is 6.08. The molecule has 2 nitrogen and oxygen atoms in total. The first-order valence-corrected chi connectivity index (χ1v) is 7.11. The van der Waals surface area contributed by atoms with Crippen LogP contribution in [0.1, 0.15) is 18.9 Å². The van der Waals surface area contributed by atoms with Gasteiger partial charge in [-0.1, -0.05) is 22.9 Å². The number of hydrogen-bond acceptors (Lipinski definition) is 2. The zero-order valence-electron chi connectivity index (χ0n) is 11.0. The predicted molar refractivity (Wildman–Crippen MR) is 76.0 cm³/mol. The lowest BCUT2D eigenvalue weighted by atomic mass is 9.89. The molecular formula is C14H20BrFN2. The fourth-order valence-electron chi connectivity index (χ4n) is 2.67. The Bertz CT molecular complexity index is 416. The Morgan fingerprint density at radius 3 is 2.94 bits per heavy atom. The Morgan fingerprint density at radius 1 is 1.50 bits per heavy atom. The highest BCUT2D eigenvalue weighted by Gasteiger charge is 2.29. The van der Waals surface area contributed by atoms with Crippen molar-refractivity contribution >= 4 is 15.9 Å². The zero-order valence-corrected chi connectivity index (χ0v) is 12.6. The van der Waals surface area contributed by atoms with Crippen molar-refractivity contribution in [2.45, 2.75) is 19.9 Å². The quantitative estimate of drug-likeness (QED) is 0.919. The van der Waals surface area contributed by atoms with Gasteiger partial charge in [-0.3, -0.25) is 0 Å². The molecule has 1 saturated heterocycles. The average molecular weight is 315 g/mol. The first-order chi connectivity index (χ1) is 8.48. The molecule has 0 aromatic heterocycles. The number of nitrogens with one attached hydrogen (secondary N) is 1. The molecule has 0 saturated carbocycles. The molecule has 0 amide bonds. The summed E-state index contributed by atoms with van der Waals surface area (Å²) >= 11 is 3.39. The molecule has 1 heterocycles. The van der Waals surface area contributed by atoms with Gasteiger partial charge in [-0.05, 0) is 43.6 Å². The monoisotopic (exact) mass is 314 g/mol. The van der Waals surface area contributed by atoms with E-state index in [1.165, 1.54) is 12.5 Å². The molecule has 1 aromatic carbocycles. The zero-order chi connectivity index (χ0) is 13.2. The maximum absolute atomic E-state index is 13.7. The molecule has 1 fully saturated rings. The summed E-state index contributed by atoms with van der Waals surface area (Å²) in [6.07, 6.45) is 1.19. The maximum Gasteiger partial charge on any atom is 0.127 e. The Morgan fingerprint density at radius 2 is 2.28 bits per heavy atom. The van der Waals surface area contributed by atoms with Crippen LogP contribution in [-0.4, -0.2) is 31.6 Å². The largest absolute Gasteiger partial charge is 0.316 e. The van der Waals surface area contributed by atoms with Crippen molar-refractivity contribution in [3.05, 3.63) is 34.1 Å². The van der Waals surface area contributed by atoms with Gasteiger partial charge in [0, 0.05) is 29.7 Å². The second-order valence-electron chi connectivity index (χ2n) is 5.65. The van der Waals surface area contributed by atoms with Crippen LogP contribution in [0.4, 0.5) is 4.39 Å². The molecule has 18 heavy (non-hydrogen) atoms. The van der Waals surface area contributed by atoms with Crippen LogP contribution in [0.25, 0.3) is 0 Å². The van der Waals surface area contributed by atoms with E-state index < -0.39 is 0 Å². The third-order valence-electron chi connectivity index (χ3n) is 3.56. The summed E-state index contributed by atoms with van der Waals surface area (Å²) in [4.78, 5) is 2.21. The van der Waals surface area contributed by atoms with Crippen LogP contribution in [-0.2, 0) is 6.54 Å². The average Bonchev–Trinajstić information content (AvgIpc) is 2.70. The van der Waals surface area contributed by atoms with Crippen molar-refractivity contribution in [2.75, 3.05) is 26.7 Å². The lowest BCUT2D eigenvalue weighted by molar-refractivity contribution is 0.201. The predicted octanol–water partition coefficient (Wildman–Crippen LogP) is 3.02. The molecule has 4 heteroatoms. The van der Waals surface area contributed by atoms with Gasteiger partial charge in [0.15, 0.2) is 0 Å². The third-order valence-corrected chi connectivity index (χ3v) is 4.05. The second-order valence-corrected chi connectivity index (χ2v) is 6.56. The van der Waals surface area contributed by atoms with Gasteiger partial charge in [0.05, 0.1) is 0 Å². The standard InChI is InChI=1S/C14H20BrFN2/c1-14(5-6-17-9-14)10-18(2)8-11-7-12(15)3-4-13(11)16/h3-4,7,17H,5-6,8-10H2,1-2H3. The second kappa shape index (κ2) is 5.68. The van der Waals surface area contributed by atoms with Gasteiger partial charge in [-0.25, -0.2) is 4.39 Å². The first kappa shape index (κ1) is 14.0. The van der Waals surface area contributed by atoms with Crippen molar-refractivity contribution < 1.29 is 4.39 Å². The number of benzene rings is 1. The Kier molecular flexibility index (Phi) is 4.41. The maximum atomic E-state index is 13.7. The third kappa shape index (κ3) is 3.53. The minimum absolute atomic E-state index is 0.125. The van der Waals surface area contributed by atoms with E-state index in [1.807, 2.05) is 6.07 Å². The van der Waals surface area contributed by atoms with Crippen LogP contribution in [0, 0.1) is 11.2 Å². The van der Waals surface area contributed by atoms with Crippen molar-refractivity contribution in [1.82, 2.24) is 10.2 Å². The molecule has 1 aliphatic heterocycles. The smallest absolute Gasteiger partial charge is 0.127 e. The molecule has 0 bridgehead atoms. The van der Waals surface area contributed by atoms with Crippen molar-refractivity contribution in [1.29, 1.82) is 0 Å². The van der Waals surface area contributed by atoms with E-state index in [0.717, 1.165) is 29.7 Å². The Labute approximate surface area is 117 Å². The van der Waals surface area contributed by atoms with E-state index in [0.29, 0.717) is 12.0 Å². The normalized spacial score (nSPS) is 23.8. The summed E-state index contributed by atoms with van der Waals surface area (Å²) in [7, 11) is 2.06. The van der Waals surface area contributed by atoms with Gasteiger partial charge >= 0.3 is 0 Å². The summed E-state index contributed by atoms with van der Waals surface area (Å²) in [5.41, 5.74) is 1.07. The van der Waals surface area contributed by atoms with Crippen LogP contribution in [0.5, 0.6) is 0 Å². The highest BCUT2D eigenvalue weighted by atomic mass is 79.9. The van der Waals surface area contributed by atoms with Crippen LogP contribution in [0.15, 0.2) is 22.7 Å². The summed E-state index contributed by atoms with van der Waals surface area (Å²) < 4.78 is 14.6. The van der Waals surface area contributed by atoms with Gasteiger partial charge in [-0.15, -0.1) is 0 Å². The molecule has 1 aromatic rings. The SMILES string of the molecule is CN(Cc1cc(Br)ccc1F)CC1(C)CCNC1. The Balaban J connectivity index is 1.98. The molecule has 100 valence electrons. The van der Waals surface area contributed by atoms with Gasteiger partial charge in [0.2, 0.25) is 0 Å². The molecule has 0 aliphatic carbocycles. The fourth-order valence-corrected chi connectivity index (χ4v) is 3.07. The van der Waals surface area contributed by atoms with E-state index >= 15 is 0 Å². The molecule has 2 rings (SSSR count). The first-order valence-electron chi connectivity index (χ1n) is 6.32. The van der Waals surface area contributed by atoms with E-state index in [4.69, 9.17) is 0 Å². The number of halogens is 2. The van der Waals surface area contributed by atoms with Gasteiger partial charge < -0.3 is 10.2 Å². The number of nitrogens with zero attached hydrogens (tertiary/aromatic N) is 1. The molecule has 1 unspecified atom stereocenters. The summed E-state index contributed by atoms with van der Waals surface area (Å²) in [6, 6.07) is 5.12. The number of rotatable bonds is 4. The minimum atomic E-state index is -0.125. The fraction of sp³-hybridized carbons (Fsp3) is 0.571. The van der Waals surface area contributed by atoms with E-state index in [2.05, 4.69) is 40.1 Å². The minimum Gasteiger partial charge on any atom is -0.316 e. The van der Waals surface area contributed by atoms with Crippen molar-refractivity contribution in [3.63, 3.8) is 0 Å². The highest BCUT2D eigenvalue weighted by molar-refractivity contribution is 9.10. The molecule has 0 radical (unpaired) electrons. The lowest BCUT2D eigenvalue weighted by Gasteiger charge is -2.29. The van der Waals surface area contributed by atoms with Gasteiger partial charge in [0.1, 0.15) is 5.82 Å². The van der Waals surface area contributed by atoms with E-state index in [-0.39, 0.29) is 5.82 Å².